The molecule has 1 heterocycles. The van der Waals surface area contributed by atoms with Gasteiger partial charge in [0.1, 0.15) is 0 Å². The number of thiophene rings is 1. The molecule has 10 aromatic carbocycles. The maximum Gasteiger partial charge on any atom is 0.0437 e. The first-order valence-corrected chi connectivity index (χ1v) is 20.4. The summed E-state index contributed by atoms with van der Waals surface area (Å²) in [5.41, 5.74) is 13.1. The highest BCUT2D eigenvalue weighted by Crippen LogP contribution is 2.57. The highest BCUT2D eigenvalue weighted by Gasteiger charge is 2.39. The fourth-order valence-corrected chi connectivity index (χ4v) is 11.3. The van der Waals surface area contributed by atoms with Crippen LogP contribution in [0.2, 0.25) is 0 Å². The average Bonchev–Trinajstić information content (AvgIpc) is 3.75. The number of hydrogen-bond donors (Lipinski definition) is 0. The van der Waals surface area contributed by atoms with E-state index in [0.29, 0.717) is 0 Å². The zero-order valence-electron chi connectivity index (χ0n) is 31.2. The lowest BCUT2D eigenvalue weighted by Gasteiger charge is -2.23. The summed E-state index contributed by atoms with van der Waals surface area (Å²) in [7, 11) is 0. The van der Waals surface area contributed by atoms with E-state index in [2.05, 4.69) is 196 Å². The van der Waals surface area contributed by atoms with Crippen LogP contribution in [0, 0.1) is 0 Å². The van der Waals surface area contributed by atoms with Gasteiger partial charge in [-0.1, -0.05) is 178 Å². The van der Waals surface area contributed by atoms with Gasteiger partial charge in [-0.3, -0.25) is 0 Å². The van der Waals surface area contributed by atoms with Crippen molar-refractivity contribution < 1.29 is 0 Å². The van der Waals surface area contributed by atoms with Crippen molar-refractivity contribution in [2.75, 3.05) is 0 Å². The summed E-state index contributed by atoms with van der Waals surface area (Å²) in [6.45, 7) is 4.85. The summed E-state index contributed by atoms with van der Waals surface area (Å²) in [6, 6.07) is 68.0. The Morgan fingerprint density at radius 2 is 0.875 bits per heavy atom. The van der Waals surface area contributed by atoms with Crippen molar-refractivity contribution in [1.82, 2.24) is 0 Å². The van der Waals surface area contributed by atoms with Crippen molar-refractivity contribution in [3.8, 4) is 44.5 Å². The van der Waals surface area contributed by atoms with Crippen molar-refractivity contribution in [2.24, 2.45) is 0 Å². The summed E-state index contributed by atoms with van der Waals surface area (Å²) < 4.78 is 2.76. The van der Waals surface area contributed by atoms with Crippen LogP contribution < -0.4 is 0 Å². The Kier molecular flexibility index (Phi) is 6.66. The van der Waals surface area contributed by atoms with E-state index in [4.69, 9.17) is 0 Å². The Bertz CT molecular complexity index is 3370. The monoisotopic (exact) mass is 728 g/mol. The molecule has 0 nitrogen and oxygen atoms in total. The molecule has 0 bridgehead atoms. The van der Waals surface area contributed by atoms with Crippen LogP contribution in [0.25, 0.3) is 108 Å². The molecule has 11 aromatic rings. The lowest BCUT2D eigenvalue weighted by molar-refractivity contribution is 0.667. The Hall–Kier alpha value is -6.54. The maximum absolute atomic E-state index is 2.47. The van der Waals surface area contributed by atoms with Crippen molar-refractivity contribution >= 4 is 74.6 Å². The molecule has 0 aliphatic heterocycles. The van der Waals surface area contributed by atoms with Gasteiger partial charge in [-0.15, -0.1) is 11.3 Å². The minimum atomic E-state index is -0.125. The summed E-state index contributed by atoms with van der Waals surface area (Å²) >= 11 is 1.94. The van der Waals surface area contributed by atoms with E-state index in [1.165, 1.54) is 119 Å². The molecule has 0 saturated heterocycles. The summed E-state index contributed by atoms with van der Waals surface area (Å²) in [4.78, 5) is 0. The molecule has 1 aromatic heterocycles. The molecule has 0 atom stereocenters. The molecule has 1 aliphatic carbocycles. The molecule has 1 aliphatic rings. The maximum atomic E-state index is 2.47. The fraction of sp³-hybridized carbons (Fsp3) is 0.0545. The highest BCUT2D eigenvalue weighted by molar-refractivity contribution is 7.26. The van der Waals surface area contributed by atoms with E-state index < -0.39 is 0 Å². The van der Waals surface area contributed by atoms with Crippen LogP contribution in [0.3, 0.4) is 0 Å². The Morgan fingerprint density at radius 3 is 1.55 bits per heavy atom. The van der Waals surface area contributed by atoms with Crippen molar-refractivity contribution in [1.29, 1.82) is 0 Å². The predicted octanol–water partition coefficient (Wildman–Crippen LogP) is 16.0. The molecule has 12 rings (SSSR count). The summed E-state index contributed by atoms with van der Waals surface area (Å²) in [5, 5.41) is 13.1. The molecule has 0 radical (unpaired) electrons. The van der Waals surface area contributed by atoms with Crippen LogP contribution in [-0.4, -0.2) is 0 Å². The Morgan fingerprint density at radius 1 is 0.375 bits per heavy atom. The fourth-order valence-electron chi connectivity index (χ4n) is 10.1. The zero-order valence-corrected chi connectivity index (χ0v) is 32.0. The normalized spacial score (nSPS) is 13.3. The van der Waals surface area contributed by atoms with E-state index in [-0.39, 0.29) is 5.41 Å². The molecular weight excluding hydrogens is 693 g/mol. The molecule has 0 spiro atoms. The third-order valence-electron chi connectivity index (χ3n) is 12.6. The molecule has 56 heavy (non-hydrogen) atoms. The van der Waals surface area contributed by atoms with Gasteiger partial charge in [0.15, 0.2) is 0 Å². The lowest BCUT2D eigenvalue weighted by atomic mass is 9.79. The van der Waals surface area contributed by atoms with Crippen LogP contribution in [-0.2, 0) is 5.41 Å². The SMILES string of the molecule is CC1(C)c2ccc(-c3ccc(-c4c5ccccc5c(-c5ccc6ccccc6c5)c5ccccc45)cc3)cc2-c2c1c1c3ccccc3sc1c1ccccc21. The second-order valence-electron chi connectivity index (χ2n) is 16.0. The topological polar surface area (TPSA) is 0 Å². The first-order valence-electron chi connectivity index (χ1n) is 19.6. The van der Waals surface area contributed by atoms with Crippen LogP contribution >= 0.6 is 11.3 Å². The van der Waals surface area contributed by atoms with Crippen LogP contribution in [0.15, 0.2) is 182 Å². The predicted molar refractivity (Wildman–Crippen MR) is 243 cm³/mol. The average molecular weight is 729 g/mol. The van der Waals surface area contributed by atoms with E-state index in [9.17, 15) is 0 Å². The van der Waals surface area contributed by atoms with Gasteiger partial charge >= 0.3 is 0 Å². The van der Waals surface area contributed by atoms with Crippen LogP contribution in [0.4, 0.5) is 0 Å². The standard InChI is InChI=1S/C55H36S/c1-55(2)47-30-29-37(32-46(47)51-43-19-9-10-20-44(43)54-52(53(51)55)45-21-11-12-22-48(45)56-54)34-23-26-35(27-24-34)49-39-15-5-7-17-41(39)50(42-18-8-6-16-40(42)49)38-28-25-33-13-3-4-14-36(33)31-38/h3-32H,1-2H3. The Balaban J connectivity index is 1.02. The second kappa shape index (κ2) is 11.7. The third-order valence-corrected chi connectivity index (χ3v) is 13.8. The molecule has 0 N–H and O–H groups in total. The van der Waals surface area contributed by atoms with Crippen molar-refractivity contribution in [3.63, 3.8) is 0 Å². The minimum Gasteiger partial charge on any atom is -0.135 e. The number of fused-ring (bicyclic) bond motifs is 13. The Labute approximate surface area is 329 Å². The smallest absolute Gasteiger partial charge is 0.0437 e. The van der Waals surface area contributed by atoms with E-state index in [0.717, 1.165) is 0 Å². The van der Waals surface area contributed by atoms with E-state index in [1.54, 1.807) is 0 Å². The molecule has 0 fully saturated rings. The number of rotatable bonds is 3. The first-order chi connectivity index (χ1) is 27.5. The zero-order chi connectivity index (χ0) is 37.1. The molecule has 1 heteroatoms. The van der Waals surface area contributed by atoms with Crippen LogP contribution in [0.5, 0.6) is 0 Å². The summed E-state index contributed by atoms with van der Waals surface area (Å²) in [5.74, 6) is 0. The van der Waals surface area contributed by atoms with Gasteiger partial charge < -0.3 is 0 Å². The van der Waals surface area contributed by atoms with Gasteiger partial charge in [0, 0.05) is 31.0 Å². The van der Waals surface area contributed by atoms with Gasteiger partial charge in [-0.25, -0.2) is 0 Å². The summed E-state index contributed by atoms with van der Waals surface area (Å²) in [6.07, 6.45) is 0. The van der Waals surface area contributed by atoms with Gasteiger partial charge in [-0.05, 0) is 112 Å². The van der Waals surface area contributed by atoms with Gasteiger partial charge in [0.2, 0.25) is 0 Å². The molecular formula is C55H36S. The van der Waals surface area contributed by atoms with Gasteiger partial charge in [0.05, 0.1) is 0 Å². The second-order valence-corrected chi connectivity index (χ2v) is 17.0. The van der Waals surface area contributed by atoms with Crippen LogP contribution in [0.1, 0.15) is 25.0 Å². The largest absolute Gasteiger partial charge is 0.135 e. The highest BCUT2D eigenvalue weighted by atomic mass is 32.1. The van der Waals surface area contributed by atoms with Crippen molar-refractivity contribution in [3.05, 3.63) is 193 Å². The quantitative estimate of drug-likeness (QED) is 0.159. The first kappa shape index (κ1) is 31.8. The van der Waals surface area contributed by atoms with E-state index >= 15 is 0 Å². The minimum absolute atomic E-state index is 0.125. The number of hydrogen-bond acceptors (Lipinski definition) is 1. The van der Waals surface area contributed by atoms with E-state index in [1.807, 2.05) is 11.3 Å². The molecule has 0 amide bonds. The molecule has 0 saturated carbocycles. The van der Waals surface area contributed by atoms with Gasteiger partial charge in [0.25, 0.3) is 0 Å². The lowest BCUT2D eigenvalue weighted by Crippen LogP contribution is -2.15. The number of benzene rings is 10. The molecule has 0 unspecified atom stereocenters. The van der Waals surface area contributed by atoms with Gasteiger partial charge in [-0.2, -0.15) is 0 Å². The molecule has 262 valence electrons. The van der Waals surface area contributed by atoms with Crippen molar-refractivity contribution in [2.45, 2.75) is 19.3 Å². The third kappa shape index (κ3) is 4.41.